The van der Waals surface area contributed by atoms with Crippen LogP contribution < -0.4 is 15.5 Å². The lowest BCUT2D eigenvalue weighted by Gasteiger charge is -2.33. The molecule has 0 bridgehead atoms. The number of anilines is 2. The minimum absolute atomic E-state index is 0.0205. The van der Waals surface area contributed by atoms with Crippen LogP contribution in [0.1, 0.15) is 24.2 Å². The molecule has 0 unspecified atom stereocenters. The van der Waals surface area contributed by atoms with E-state index in [0.717, 1.165) is 18.5 Å². The summed E-state index contributed by atoms with van der Waals surface area (Å²) in [6.07, 6.45) is -10.1. The van der Waals surface area contributed by atoms with Crippen molar-refractivity contribution in [2.75, 3.05) is 29.9 Å². The van der Waals surface area contributed by atoms with Crippen LogP contribution in [-0.2, 0) is 10.9 Å². The van der Waals surface area contributed by atoms with Crippen molar-refractivity contribution in [2.24, 2.45) is 0 Å². The van der Waals surface area contributed by atoms with Crippen LogP contribution in [0.5, 0.6) is 0 Å². The molecule has 0 saturated carbocycles. The lowest BCUT2D eigenvalue weighted by Crippen LogP contribution is -2.49. The van der Waals surface area contributed by atoms with E-state index in [9.17, 15) is 26.7 Å². The molecule has 2 aromatic rings. The maximum absolute atomic E-state index is 13.6. The predicted molar refractivity (Wildman–Crippen MR) is 98.8 cm³/mol. The lowest BCUT2D eigenvalue weighted by molar-refractivity contribution is -0.137. The number of aromatic nitrogens is 3. The molecule has 0 aliphatic carbocycles. The van der Waals surface area contributed by atoms with E-state index in [4.69, 9.17) is 0 Å². The van der Waals surface area contributed by atoms with Gasteiger partial charge in [0, 0.05) is 25.7 Å². The average molecular weight is 444 g/mol. The summed E-state index contributed by atoms with van der Waals surface area (Å²) in [6, 6.07) is 1.67. The minimum atomic E-state index is -4.70. The van der Waals surface area contributed by atoms with E-state index in [1.165, 1.54) is 0 Å². The Morgan fingerprint density at radius 2 is 2.03 bits per heavy atom. The van der Waals surface area contributed by atoms with Gasteiger partial charge in [-0.1, -0.05) is 0 Å². The quantitative estimate of drug-likeness (QED) is 0.703. The first kappa shape index (κ1) is 21.2. The number of fused-ring (bicyclic) bond motifs is 1. The summed E-state index contributed by atoms with van der Waals surface area (Å²) >= 11 is 0. The van der Waals surface area contributed by atoms with Crippen LogP contribution in [0, 0.1) is 0 Å². The van der Waals surface area contributed by atoms with Crippen LogP contribution in [0.3, 0.4) is 0 Å². The van der Waals surface area contributed by atoms with E-state index in [0.29, 0.717) is 19.6 Å². The molecule has 2 atom stereocenters. The molecule has 166 valence electrons. The summed E-state index contributed by atoms with van der Waals surface area (Å²) in [7, 11) is 0. The third kappa shape index (κ3) is 4.22. The number of pyridine rings is 1. The molecule has 0 radical (unpaired) electrons. The van der Waals surface area contributed by atoms with E-state index in [1.807, 2.05) is 6.92 Å². The molecule has 4 rings (SSSR count). The second kappa shape index (κ2) is 7.87. The first-order valence-corrected chi connectivity index (χ1v) is 9.32. The number of cyclic esters (lactones) is 1. The highest BCUT2D eigenvalue weighted by Gasteiger charge is 2.39. The predicted octanol–water partition coefficient (Wildman–Crippen LogP) is 3.22. The molecular formula is C18H17F5N6O2. The Morgan fingerprint density at radius 1 is 1.26 bits per heavy atom. The summed E-state index contributed by atoms with van der Waals surface area (Å²) in [5.74, 6) is -0.219. The summed E-state index contributed by atoms with van der Waals surface area (Å²) in [5, 5.41) is 5.35. The molecule has 1 fully saturated rings. The molecule has 2 aromatic heterocycles. The van der Waals surface area contributed by atoms with E-state index >= 15 is 0 Å². The van der Waals surface area contributed by atoms with E-state index in [-0.39, 0.29) is 34.6 Å². The van der Waals surface area contributed by atoms with Gasteiger partial charge in [0.2, 0.25) is 0 Å². The second-order valence-electron chi connectivity index (χ2n) is 7.17. The van der Waals surface area contributed by atoms with Crippen LogP contribution >= 0.6 is 0 Å². The van der Waals surface area contributed by atoms with Gasteiger partial charge in [0.15, 0.2) is 6.10 Å². The SMILES string of the molecule is C[C@H]1CN(c2cc(C(F)(F)F)cc(-c3ncnc4c3[C@H](C(F)F)OC(=O)N4)n2)CCN1. The highest BCUT2D eigenvalue weighted by molar-refractivity contribution is 5.88. The topological polar surface area (TPSA) is 92.3 Å². The van der Waals surface area contributed by atoms with Crippen molar-refractivity contribution in [3.05, 3.63) is 29.6 Å². The van der Waals surface area contributed by atoms with Gasteiger partial charge in [-0.25, -0.2) is 28.5 Å². The number of piperazine rings is 1. The third-order valence-electron chi connectivity index (χ3n) is 4.93. The number of alkyl halides is 5. The maximum Gasteiger partial charge on any atom is 0.416 e. The van der Waals surface area contributed by atoms with Crippen LogP contribution in [0.15, 0.2) is 18.5 Å². The van der Waals surface area contributed by atoms with Gasteiger partial charge in [-0.3, -0.25) is 5.32 Å². The number of carbonyl (C=O) groups is 1. The van der Waals surface area contributed by atoms with Gasteiger partial charge in [0.1, 0.15) is 23.7 Å². The molecule has 0 spiro atoms. The molecule has 4 heterocycles. The van der Waals surface area contributed by atoms with E-state index in [1.54, 1.807) is 4.90 Å². The molecule has 2 aliphatic heterocycles. The molecule has 2 N–H and O–H groups in total. The molecule has 1 saturated heterocycles. The summed E-state index contributed by atoms with van der Waals surface area (Å²) in [4.78, 5) is 25.2. The van der Waals surface area contributed by atoms with Crippen molar-refractivity contribution >= 4 is 17.7 Å². The van der Waals surface area contributed by atoms with Crippen molar-refractivity contribution < 1.29 is 31.5 Å². The first-order chi connectivity index (χ1) is 14.6. The Labute approximate surface area is 172 Å². The van der Waals surface area contributed by atoms with Crippen molar-refractivity contribution in [1.82, 2.24) is 20.3 Å². The zero-order valence-electron chi connectivity index (χ0n) is 16.1. The number of hydrogen-bond acceptors (Lipinski definition) is 7. The fourth-order valence-corrected chi connectivity index (χ4v) is 3.55. The van der Waals surface area contributed by atoms with Gasteiger partial charge in [-0.2, -0.15) is 13.2 Å². The van der Waals surface area contributed by atoms with Gasteiger partial charge in [-0.15, -0.1) is 0 Å². The normalized spacial score (nSPS) is 21.5. The van der Waals surface area contributed by atoms with Gasteiger partial charge in [0.25, 0.3) is 6.43 Å². The summed E-state index contributed by atoms with van der Waals surface area (Å²) < 4.78 is 72.6. The summed E-state index contributed by atoms with van der Waals surface area (Å²) in [6.45, 7) is 3.26. The Balaban J connectivity index is 1.88. The van der Waals surface area contributed by atoms with Crippen molar-refractivity contribution in [3.8, 4) is 11.4 Å². The van der Waals surface area contributed by atoms with Gasteiger partial charge >= 0.3 is 12.3 Å². The van der Waals surface area contributed by atoms with Gasteiger partial charge in [-0.05, 0) is 19.1 Å². The Hall–Kier alpha value is -3.09. The highest BCUT2D eigenvalue weighted by atomic mass is 19.4. The molecule has 31 heavy (non-hydrogen) atoms. The molecule has 2 aliphatic rings. The maximum atomic E-state index is 13.6. The van der Waals surface area contributed by atoms with Gasteiger partial charge in [0.05, 0.1) is 16.8 Å². The number of nitrogens with one attached hydrogen (secondary N) is 2. The number of hydrogen-bond donors (Lipinski definition) is 2. The Kier molecular flexibility index (Phi) is 5.37. The minimum Gasteiger partial charge on any atom is -0.435 e. The fourth-order valence-electron chi connectivity index (χ4n) is 3.55. The molecule has 13 heteroatoms. The largest absolute Gasteiger partial charge is 0.435 e. The van der Waals surface area contributed by atoms with E-state index < -0.39 is 30.4 Å². The average Bonchev–Trinajstić information content (AvgIpc) is 2.71. The van der Waals surface area contributed by atoms with E-state index in [2.05, 4.69) is 30.3 Å². The lowest BCUT2D eigenvalue weighted by atomic mass is 10.0. The smallest absolute Gasteiger partial charge is 0.416 e. The molecule has 0 aromatic carbocycles. The fraction of sp³-hybridized carbons (Fsp3) is 0.444. The zero-order valence-corrected chi connectivity index (χ0v) is 16.1. The highest BCUT2D eigenvalue weighted by Crippen LogP contribution is 2.41. The number of ether oxygens (including phenoxy) is 1. The summed E-state index contributed by atoms with van der Waals surface area (Å²) in [5.41, 5.74) is -1.88. The van der Waals surface area contributed by atoms with Crippen LogP contribution in [0.4, 0.5) is 38.4 Å². The zero-order chi connectivity index (χ0) is 22.3. The van der Waals surface area contributed by atoms with Gasteiger partial charge < -0.3 is 15.0 Å². The third-order valence-corrected chi connectivity index (χ3v) is 4.93. The van der Waals surface area contributed by atoms with Crippen molar-refractivity contribution in [2.45, 2.75) is 31.7 Å². The van der Waals surface area contributed by atoms with Crippen molar-refractivity contribution in [1.29, 1.82) is 0 Å². The van der Waals surface area contributed by atoms with Crippen LogP contribution in [-0.4, -0.2) is 53.1 Å². The molecule has 1 amide bonds. The van der Waals surface area contributed by atoms with Crippen molar-refractivity contribution in [3.63, 3.8) is 0 Å². The van der Waals surface area contributed by atoms with Crippen LogP contribution in [0.2, 0.25) is 0 Å². The molecular weight excluding hydrogens is 427 g/mol. The monoisotopic (exact) mass is 444 g/mol. The Morgan fingerprint density at radius 3 is 2.71 bits per heavy atom. The number of rotatable bonds is 3. The molecule has 8 nitrogen and oxygen atoms in total. The number of halogens is 5. The number of amides is 1. The Bertz CT molecular complexity index is 1000. The number of nitrogens with zero attached hydrogens (tertiary/aromatic N) is 4. The number of carbonyl (C=O) groups excluding carboxylic acids is 1. The first-order valence-electron chi connectivity index (χ1n) is 9.32. The van der Waals surface area contributed by atoms with Crippen LogP contribution in [0.25, 0.3) is 11.4 Å². The second-order valence-corrected chi connectivity index (χ2v) is 7.17. The standard InChI is InChI=1S/C18H17F5N6O2/c1-8-6-29(3-2-24-8)11-5-9(18(21,22)23)4-10(27-11)13-12-14(15(19)20)31-17(30)28-16(12)26-7-25-13/h4-5,7-8,14-15,24H,2-3,6H2,1H3,(H,25,26,28,30)/t8-,14+/m0/s1.